The second-order valence-electron chi connectivity index (χ2n) is 5.36. The molecular formula is C18H17NO4S2. The van der Waals surface area contributed by atoms with Crippen molar-refractivity contribution in [1.29, 1.82) is 0 Å². The Morgan fingerprint density at radius 1 is 1.16 bits per heavy atom. The zero-order valence-corrected chi connectivity index (χ0v) is 15.2. The highest BCUT2D eigenvalue weighted by Gasteiger charge is 2.16. The molecule has 3 aromatic rings. The monoisotopic (exact) mass is 375 g/mol. The molecule has 1 heterocycles. The van der Waals surface area contributed by atoms with Crippen molar-refractivity contribution in [1.82, 2.24) is 4.72 Å². The Kier molecular flexibility index (Phi) is 5.17. The Bertz CT molecular complexity index is 1010. The first-order chi connectivity index (χ1) is 12.0. The summed E-state index contributed by atoms with van der Waals surface area (Å²) in [6.45, 7) is 2.12. The zero-order valence-electron chi connectivity index (χ0n) is 13.6. The number of fused-ring (bicyclic) bond motifs is 1. The molecule has 0 radical (unpaired) electrons. The highest BCUT2D eigenvalue weighted by atomic mass is 32.2. The van der Waals surface area contributed by atoms with E-state index >= 15 is 0 Å². The molecular weight excluding hydrogens is 358 g/mol. The Balaban J connectivity index is 1.75. The van der Waals surface area contributed by atoms with E-state index < -0.39 is 16.0 Å². The Morgan fingerprint density at radius 3 is 2.76 bits per heavy atom. The standard InChI is InChI=1S/C18H17NO4S2/c1-2-19-25(21,22)15-7-5-6-13(10-15)18(20)23-11-14-12-24-17-9-4-3-8-16(14)17/h3-10,12,19H,2,11H2,1H3. The van der Waals surface area contributed by atoms with Crippen molar-refractivity contribution >= 4 is 37.4 Å². The average Bonchev–Trinajstić information content (AvgIpc) is 3.03. The molecule has 3 rings (SSSR count). The number of hydrogen-bond donors (Lipinski definition) is 1. The number of esters is 1. The van der Waals surface area contributed by atoms with Gasteiger partial charge in [0.15, 0.2) is 0 Å². The molecule has 1 N–H and O–H groups in total. The van der Waals surface area contributed by atoms with E-state index in [0.29, 0.717) is 0 Å². The second-order valence-corrected chi connectivity index (χ2v) is 8.04. The molecule has 25 heavy (non-hydrogen) atoms. The summed E-state index contributed by atoms with van der Waals surface area (Å²) in [5.41, 5.74) is 1.14. The maximum atomic E-state index is 12.3. The molecule has 5 nitrogen and oxygen atoms in total. The Morgan fingerprint density at radius 2 is 1.96 bits per heavy atom. The molecule has 0 aliphatic rings. The highest BCUT2D eigenvalue weighted by Crippen LogP contribution is 2.26. The van der Waals surface area contributed by atoms with E-state index in [1.54, 1.807) is 24.3 Å². The van der Waals surface area contributed by atoms with Gasteiger partial charge in [0.1, 0.15) is 6.61 Å². The minimum Gasteiger partial charge on any atom is -0.457 e. The molecule has 0 saturated heterocycles. The number of rotatable bonds is 6. The fourth-order valence-corrected chi connectivity index (χ4v) is 4.47. The Hall–Kier alpha value is -2.22. The summed E-state index contributed by atoms with van der Waals surface area (Å²) in [7, 11) is -3.61. The third-order valence-electron chi connectivity index (χ3n) is 3.63. The van der Waals surface area contributed by atoms with Gasteiger partial charge in [0.05, 0.1) is 10.5 Å². The van der Waals surface area contributed by atoms with Gasteiger partial charge in [-0.2, -0.15) is 0 Å². The number of ether oxygens (including phenoxy) is 1. The summed E-state index contributed by atoms with van der Waals surface area (Å²) in [5.74, 6) is -0.552. The van der Waals surface area contributed by atoms with Crippen LogP contribution in [0.25, 0.3) is 10.1 Å². The molecule has 0 bridgehead atoms. The number of hydrogen-bond acceptors (Lipinski definition) is 5. The molecule has 0 unspecified atom stereocenters. The van der Waals surface area contributed by atoms with Crippen LogP contribution < -0.4 is 4.72 Å². The van der Waals surface area contributed by atoms with E-state index in [4.69, 9.17) is 4.74 Å². The minimum atomic E-state index is -3.61. The molecule has 0 atom stereocenters. The molecule has 0 fully saturated rings. The predicted octanol–water partition coefficient (Wildman–Crippen LogP) is 3.56. The first kappa shape index (κ1) is 17.6. The number of thiophene rings is 1. The maximum Gasteiger partial charge on any atom is 0.338 e. The van der Waals surface area contributed by atoms with Gasteiger partial charge >= 0.3 is 5.97 Å². The zero-order chi connectivity index (χ0) is 17.9. The molecule has 1 aromatic heterocycles. The van der Waals surface area contributed by atoms with Gasteiger partial charge in [-0.1, -0.05) is 31.2 Å². The van der Waals surface area contributed by atoms with Gasteiger partial charge in [0.25, 0.3) is 0 Å². The van der Waals surface area contributed by atoms with Crippen LogP contribution in [-0.4, -0.2) is 20.9 Å². The SMILES string of the molecule is CCNS(=O)(=O)c1cccc(C(=O)OCc2csc3ccccc23)c1. The van der Waals surface area contributed by atoms with Gasteiger partial charge in [-0.05, 0) is 35.0 Å². The van der Waals surface area contributed by atoms with Crippen LogP contribution in [0.5, 0.6) is 0 Å². The van der Waals surface area contributed by atoms with Crippen LogP contribution in [0.2, 0.25) is 0 Å². The third kappa shape index (κ3) is 3.89. The van der Waals surface area contributed by atoms with E-state index in [9.17, 15) is 13.2 Å². The summed E-state index contributed by atoms with van der Waals surface area (Å²) >= 11 is 1.59. The topological polar surface area (TPSA) is 72.5 Å². The van der Waals surface area contributed by atoms with Gasteiger partial charge < -0.3 is 4.74 Å². The second kappa shape index (κ2) is 7.35. The minimum absolute atomic E-state index is 0.0461. The average molecular weight is 375 g/mol. The summed E-state index contributed by atoms with van der Waals surface area (Å²) in [5, 5.41) is 3.02. The fourth-order valence-electron chi connectivity index (χ4n) is 2.43. The maximum absolute atomic E-state index is 12.3. The first-order valence-corrected chi connectivity index (χ1v) is 10.1. The van der Waals surface area contributed by atoms with Crippen molar-refractivity contribution < 1.29 is 17.9 Å². The van der Waals surface area contributed by atoms with Crippen LogP contribution in [0.4, 0.5) is 0 Å². The number of nitrogens with one attached hydrogen (secondary N) is 1. The number of carbonyl (C=O) groups excluding carboxylic acids is 1. The van der Waals surface area contributed by atoms with Crippen LogP contribution in [-0.2, 0) is 21.4 Å². The normalized spacial score (nSPS) is 11.6. The largest absolute Gasteiger partial charge is 0.457 e. The molecule has 0 saturated carbocycles. The quantitative estimate of drug-likeness (QED) is 0.669. The van der Waals surface area contributed by atoms with E-state index in [2.05, 4.69) is 4.72 Å². The molecule has 7 heteroatoms. The van der Waals surface area contributed by atoms with Crippen LogP contribution in [0.15, 0.2) is 58.8 Å². The lowest BCUT2D eigenvalue weighted by atomic mass is 10.2. The summed E-state index contributed by atoms with van der Waals surface area (Å²) in [6.07, 6.45) is 0. The van der Waals surface area contributed by atoms with E-state index in [0.717, 1.165) is 15.6 Å². The van der Waals surface area contributed by atoms with Crippen molar-refractivity contribution in [3.63, 3.8) is 0 Å². The number of benzene rings is 2. The summed E-state index contributed by atoms with van der Waals surface area (Å²) in [4.78, 5) is 12.3. The molecule has 130 valence electrons. The van der Waals surface area contributed by atoms with Crippen LogP contribution in [0.3, 0.4) is 0 Å². The predicted molar refractivity (Wildman–Crippen MR) is 98.2 cm³/mol. The molecule has 0 aliphatic heterocycles. The molecule has 2 aromatic carbocycles. The van der Waals surface area contributed by atoms with Crippen molar-refractivity contribution in [2.45, 2.75) is 18.4 Å². The smallest absolute Gasteiger partial charge is 0.338 e. The van der Waals surface area contributed by atoms with E-state index in [1.165, 1.54) is 18.2 Å². The van der Waals surface area contributed by atoms with E-state index in [-0.39, 0.29) is 23.6 Å². The van der Waals surface area contributed by atoms with Gasteiger partial charge in [-0.15, -0.1) is 11.3 Å². The number of sulfonamides is 1. The Labute approximate surface area is 150 Å². The third-order valence-corrected chi connectivity index (χ3v) is 6.19. The van der Waals surface area contributed by atoms with Crippen molar-refractivity contribution in [3.05, 3.63) is 65.0 Å². The fraction of sp³-hybridized carbons (Fsp3) is 0.167. The lowest BCUT2D eigenvalue weighted by Crippen LogP contribution is -2.23. The van der Waals surface area contributed by atoms with Crippen molar-refractivity contribution in [2.24, 2.45) is 0 Å². The molecule has 0 aliphatic carbocycles. The summed E-state index contributed by atoms with van der Waals surface area (Å²) < 4.78 is 33.0. The van der Waals surface area contributed by atoms with Crippen molar-refractivity contribution in [3.8, 4) is 0 Å². The lowest BCUT2D eigenvalue weighted by Gasteiger charge is -2.07. The van der Waals surface area contributed by atoms with Crippen molar-refractivity contribution in [2.75, 3.05) is 6.54 Å². The first-order valence-electron chi connectivity index (χ1n) is 7.73. The molecule has 0 amide bonds. The highest BCUT2D eigenvalue weighted by molar-refractivity contribution is 7.89. The molecule has 0 spiro atoms. The number of carbonyl (C=O) groups is 1. The van der Waals surface area contributed by atoms with Gasteiger partial charge in [0, 0.05) is 16.8 Å². The van der Waals surface area contributed by atoms with Crippen LogP contribution in [0, 0.1) is 0 Å². The van der Waals surface area contributed by atoms with Gasteiger partial charge in [-0.25, -0.2) is 17.9 Å². The van der Waals surface area contributed by atoms with Gasteiger partial charge in [-0.3, -0.25) is 0 Å². The van der Waals surface area contributed by atoms with Crippen LogP contribution in [0.1, 0.15) is 22.8 Å². The van der Waals surface area contributed by atoms with Crippen LogP contribution >= 0.6 is 11.3 Å². The van der Waals surface area contributed by atoms with E-state index in [1.807, 2.05) is 29.6 Å². The lowest BCUT2D eigenvalue weighted by molar-refractivity contribution is 0.0474. The summed E-state index contributed by atoms with van der Waals surface area (Å²) in [6, 6.07) is 13.7. The van der Waals surface area contributed by atoms with Gasteiger partial charge in [0.2, 0.25) is 10.0 Å².